The Kier molecular flexibility index (Phi) is 4.47. The number of aryl methyl sites for hydroxylation is 1. The molecule has 0 spiro atoms. The number of para-hydroxylation sites is 1. The van der Waals surface area contributed by atoms with Crippen molar-refractivity contribution in [1.29, 1.82) is 0 Å². The first kappa shape index (κ1) is 14.2. The minimum absolute atomic E-state index is 0.101. The molecular weight excluding hydrogens is 258 g/mol. The van der Waals surface area contributed by atoms with E-state index in [4.69, 9.17) is 4.84 Å². The van der Waals surface area contributed by atoms with Crippen LogP contribution in [-0.2, 0) is 16.1 Å². The number of aromatic amines is 1. The van der Waals surface area contributed by atoms with Gasteiger partial charge in [-0.2, -0.15) is 0 Å². The highest BCUT2D eigenvalue weighted by atomic mass is 16.7. The SMILES string of the molecule is CON(C)C(=O)CCCc1nc2ccccc2c(=O)[nH]1. The first-order chi connectivity index (χ1) is 9.61. The summed E-state index contributed by atoms with van der Waals surface area (Å²) in [5, 5.41) is 1.77. The van der Waals surface area contributed by atoms with E-state index in [0.717, 1.165) is 0 Å². The highest BCUT2D eigenvalue weighted by Gasteiger charge is 2.08. The number of nitrogens with one attached hydrogen (secondary N) is 1. The molecule has 0 unspecified atom stereocenters. The lowest BCUT2D eigenvalue weighted by Gasteiger charge is -2.12. The average molecular weight is 275 g/mol. The lowest BCUT2D eigenvalue weighted by Crippen LogP contribution is -2.25. The minimum Gasteiger partial charge on any atom is -0.310 e. The number of carbonyl (C=O) groups is 1. The van der Waals surface area contributed by atoms with Gasteiger partial charge in [0.05, 0.1) is 18.0 Å². The monoisotopic (exact) mass is 275 g/mol. The molecule has 2 rings (SSSR count). The van der Waals surface area contributed by atoms with Crippen molar-refractivity contribution in [1.82, 2.24) is 15.0 Å². The normalized spacial score (nSPS) is 10.7. The van der Waals surface area contributed by atoms with Gasteiger partial charge in [0.2, 0.25) is 5.91 Å². The molecule has 0 aliphatic carbocycles. The Morgan fingerprint density at radius 1 is 1.40 bits per heavy atom. The standard InChI is InChI=1S/C14H17N3O3/c1-17(20-2)13(18)9-5-8-12-15-11-7-4-3-6-10(11)14(19)16-12/h3-4,6-7H,5,8-9H2,1-2H3,(H,15,16,19). The predicted octanol–water partition coefficient (Wildman–Crippen LogP) is 1.27. The maximum absolute atomic E-state index is 11.9. The van der Waals surface area contributed by atoms with Crippen molar-refractivity contribution in [3.63, 3.8) is 0 Å². The number of fused-ring (bicyclic) bond motifs is 1. The number of benzene rings is 1. The van der Waals surface area contributed by atoms with Gasteiger partial charge < -0.3 is 4.98 Å². The third-order valence-electron chi connectivity index (χ3n) is 3.09. The molecule has 0 saturated heterocycles. The van der Waals surface area contributed by atoms with Crippen LogP contribution in [0.2, 0.25) is 0 Å². The van der Waals surface area contributed by atoms with E-state index in [1.807, 2.05) is 6.07 Å². The number of H-pyrrole nitrogens is 1. The van der Waals surface area contributed by atoms with Crippen molar-refractivity contribution in [2.24, 2.45) is 0 Å². The second-order valence-electron chi connectivity index (χ2n) is 4.46. The van der Waals surface area contributed by atoms with Gasteiger partial charge in [-0.25, -0.2) is 10.0 Å². The topological polar surface area (TPSA) is 75.3 Å². The molecule has 0 atom stereocenters. The highest BCUT2D eigenvalue weighted by molar-refractivity contribution is 5.77. The Bertz CT molecular complexity index is 666. The second kappa shape index (κ2) is 6.29. The number of aromatic nitrogens is 2. The molecule has 0 aliphatic rings. The predicted molar refractivity (Wildman–Crippen MR) is 75.1 cm³/mol. The van der Waals surface area contributed by atoms with Crippen molar-refractivity contribution in [2.45, 2.75) is 19.3 Å². The number of carbonyl (C=O) groups excluding carboxylic acids is 1. The first-order valence-corrected chi connectivity index (χ1v) is 6.40. The van der Waals surface area contributed by atoms with E-state index < -0.39 is 0 Å². The molecule has 1 N–H and O–H groups in total. The summed E-state index contributed by atoms with van der Waals surface area (Å²) in [5.41, 5.74) is 0.525. The van der Waals surface area contributed by atoms with E-state index in [-0.39, 0.29) is 11.5 Å². The molecular formula is C14H17N3O3. The van der Waals surface area contributed by atoms with Crippen molar-refractivity contribution < 1.29 is 9.63 Å². The number of hydrogen-bond acceptors (Lipinski definition) is 4. The molecule has 0 radical (unpaired) electrons. The van der Waals surface area contributed by atoms with E-state index in [2.05, 4.69) is 9.97 Å². The van der Waals surface area contributed by atoms with E-state index in [9.17, 15) is 9.59 Å². The van der Waals surface area contributed by atoms with Gasteiger partial charge in [-0.15, -0.1) is 0 Å². The zero-order chi connectivity index (χ0) is 14.5. The van der Waals surface area contributed by atoms with Crippen LogP contribution in [0.5, 0.6) is 0 Å². The van der Waals surface area contributed by atoms with Gasteiger partial charge in [0.1, 0.15) is 5.82 Å². The molecule has 1 aromatic carbocycles. The molecule has 20 heavy (non-hydrogen) atoms. The molecule has 0 bridgehead atoms. The Morgan fingerprint density at radius 2 is 2.15 bits per heavy atom. The second-order valence-corrected chi connectivity index (χ2v) is 4.46. The van der Waals surface area contributed by atoms with E-state index in [0.29, 0.717) is 36.0 Å². The average Bonchev–Trinajstić information content (AvgIpc) is 2.46. The van der Waals surface area contributed by atoms with Crippen molar-refractivity contribution in [3.05, 3.63) is 40.4 Å². The summed E-state index contributed by atoms with van der Waals surface area (Å²) in [7, 11) is 3.01. The molecule has 1 aromatic heterocycles. The fraction of sp³-hybridized carbons (Fsp3) is 0.357. The maximum atomic E-state index is 11.9. The summed E-state index contributed by atoms with van der Waals surface area (Å²) >= 11 is 0. The number of amides is 1. The van der Waals surface area contributed by atoms with E-state index in [1.165, 1.54) is 12.2 Å². The van der Waals surface area contributed by atoms with E-state index in [1.54, 1.807) is 25.2 Å². The zero-order valence-electron chi connectivity index (χ0n) is 11.5. The molecule has 0 aliphatic heterocycles. The van der Waals surface area contributed by atoms with Gasteiger partial charge >= 0.3 is 0 Å². The third kappa shape index (κ3) is 3.21. The van der Waals surface area contributed by atoms with Gasteiger partial charge in [-0.1, -0.05) is 12.1 Å². The summed E-state index contributed by atoms with van der Waals surface area (Å²) in [6.07, 6.45) is 1.50. The largest absolute Gasteiger partial charge is 0.310 e. The van der Waals surface area contributed by atoms with Crippen LogP contribution >= 0.6 is 0 Å². The number of rotatable bonds is 5. The summed E-state index contributed by atoms with van der Waals surface area (Å²) in [4.78, 5) is 35.3. The summed E-state index contributed by atoms with van der Waals surface area (Å²) < 4.78 is 0. The highest BCUT2D eigenvalue weighted by Crippen LogP contribution is 2.07. The molecule has 1 amide bonds. The van der Waals surface area contributed by atoms with E-state index >= 15 is 0 Å². The van der Waals surface area contributed by atoms with Crippen LogP contribution in [0.15, 0.2) is 29.1 Å². The van der Waals surface area contributed by atoms with Crippen LogP contribution in [0.4, 0.5) is 0 Å². The van der Waals surface area contributed by atoms with Gasteiger partial charge in [0.25, 0.3) is 5.56 Å². The van der Waals surface area contributed by atoms with Gasteiger partial charge in [0, 0.05) is 19.9 Å². The number of nitrogens with zero attached hydrogens (tertiary/aromatic N) is 2. The first-order valence-electron chi connectivity index (χ1n) is 6.40. The van der Waals surface area contributed by atoms with Crippen LogP contribution < -0.4 is 5.56 Å². The Hall–Kier alpha value is -2.21. The Morgan fingerprint density at radius 3 is 2.90 bits per heavy atom. The summed E-state index contributed by atoms with van der Waals surface area (Å²) in [6, 6.07) is 7.19. The smallest absolute Gasteiger partial charge is 0.258 e. The summed E-state index contributed by atoms with van der Waals surface area (Å²) in [5.74, 6) is 0.497. The Balaban J connectivity index is 2.04. The third-order valence-corrected chi connectivity index (χ3v) is 3.09. The molecule has 2 aromatic rings. The van der Waals surface area contributed by atoms with Gasteiger partial charge in [-0.05, 0) is 18.6 Å². The lowest BCUT2D eigenvalue weighted by molar-refractivity contribution is -0.168. The Labute approximate surface area is 116 Å². The lowest BCUT2D eigenvalue weighted by atomic mass is 10.2. The van der Waals surface area contributed by atoms with Crippen LogP contribution in [0.3, 0.4) is 0 Å². The van der Waals surface area contributed by atoms with Crippen LogP contribution in [-0.4, -0.2) is 35.1 Å². The molecule has 6 heteroatoms. The quantitative estimate of drug-likeness (QED) is 0.834. The molecule has 0 fully saturated rings. The summed E-state index contributed by atoms with van der Waals surface area (Å²) in [6.45, 7) is 0. The van der Waals surface area contributed by atoms with Gasteiger partial charge in [-0.3, -0.25) is 14.4 Å². The van der Waals surface area contributed by atoms with Gasteiger partial charge in [0.15, 0.2) is 0 Å². The van der Waals surface area contributed by atoms with Crippen LogP contribution in [0.25, 0.3) is 10.9 Å². The fourth-order valence-corrected chi connectivity index (χ4v) is 1.92. The minimum atomic E-state index is -0.147. The maximum Gasteiger partial charge on any atom is 0.258 e. The molecule has 0 saturated carbocycles. The molecule has 1 heterocycles. The van der Waals surface area contributed by atoms with Crippen molar-refractivity contribution in [2.75, 3.05) is 14.2 Å². The molecule has 106 valence electrons. The van der Waals surface area contributed by atoms with Crippen molar-refractivity contribution in [3.8, 4) is 0 Å². The fourth-order valence-electron chi connectivity index (χ4n) is 1.92. The van der Waals surface area contributed by atoms with Crippen molar-refractivity contribution >= 4 is 16.8 Å². The number of hydroxylamine groups is 2. The zero-order valence-corrected chi connectivity index (χ0v) is 11.5. The van der Waals surface area contributed by atoms with Crippen LogP contribution in [0.1, 0.15) is 18.7 Å². The molecule has 6 nitrogen and oxygen atoms in total. The van der Waals surface area contributed by atoms with Crippen LogP contribution in [0, 0.1) is 0 Å². The number of hydrogen-bond donors (Lipinski definition) is 1.